The first-order chi connectivity index (χ1) is 8.01. The third kappa shape index (κ3) is 2.17. The molecule has 2 nitrogen and oxygen atoms in total. The van der Waals surface area contributed by atoms with Crippen LogP contribution < -0.4 is 5.73 Å². The molecule has 0 saturated heterocycles. The molecule has 0 amide bonds. The molecule has 0 aliphatic carbocycles. The Labute approximate surface area is 98.1 Å². The molecule has 0 saturated carbocycles. The Hall–Kier alpha value is -1.81. The summed E-state index contributed by atoms with van der Waals surface area (Å²) in [4.78, 5) is 3.73. The van der Waals surface area contributed by atoms with Crippen molar-refractivity contribution in [3.63, 3.8) is 0 Å². The first kappa shape index (κ1) is 11.7. The largest absolute Gasteiger partial charge is 0.318 e. The Kier molecular flexibility index (Phi) is 2.90. The van der Waals surface area contributed by atoms with E-state index in [1.54, 1.807) is 25.1 Å². The van der Waals surface area contributed by atoms with Crippen molar-refractivity contribution in [1.29, 1.82) is 0 Å². The highest BCUT2D eigenvalue weighted by Crippen LogP contribution is 2.28. The van der Waals surface area contributed by atoms with Crippen molar-refractivity contribution in [3.8, 4) is 0 Å². The van der Waals surface area contributed by atoms with Crippen LogP contribution in [0.5, 0.6) is 0 Å². The van der Waals surface area contributed by atoms with E-state index in [2.05, 4.69) is 4.98 Å². The molecule has 0 aliphatic heterocycles. The van der Waals surface area contributed by atoms with Gasteiger partial charge in [0.2, 0.25) is 0 Å². The van der Waals surface area contributed by atoms with Crippen molar-refractivity contribution < 1.29 is 8.78 Å². The van der Waals surface area contributed by atoms with Gasteiger partial charge >= 0.3 is 0 Å². The van der Waals surface area contributed by atoms with Crippen LogP contribution in [0.25, 0.3) is 0 Å². The van der Waals surface area contributed by atoms with Gasteiger partial charge in [-0.15, -0.1) is 0 Å². The maximum atomic E-state index is 13.7. The van der Waals surface area contributed by atoms with Gasteiger partial charge in [-0.25, -0.2) is 8.78 Å². The van der Waals surface area contributed by atoms with Crippen LogP contribution in [0.4, 0.5) is 8.78 Å². The van der Waals surface area contributed by atoms with E-state index in [9.17, 15) is 8.78 Å². The lowest BCUT2D eigenvalue weighted by atomic mass is 9.86. The number of nitrogens with two attached hydrogens (primary N) is 1. The molecule has 2 aromatic rings. The van der Waals surface area contributed by atoms with Crippen molar-refractivity contribution in [2.45, 2.75) is 12.5 Å². The topological polar surface area (TPSA) is 38.9 Å². The van der Waals surface area contributed by atoms with E-state index in [0.29, 0.717) is 11.1 Å². The third-order valence-corrected chi connectivity index (χ3v) is 2.74. The van der Waals surface area contributed by atoms with Crippen molar-refractivity contribution in [2.24, 2.45) is 5.73 Å². The average molecular weight is 234 g/mol. The highest BCUT2D eigenvalue weighted by molar-refractivity contribution is 5.36. The van der Waals surface area contributed by atoms with E-state index in [4.69, 9.17) is 5.73 Å². The fourth-order valence-corrected chi connectivity index (χ4v) is 1.73. The van der Waals surface area contributed by atoms with E-state index in [1.807, 2.05) is 0 Å². The van der Waals surface area contributed by atoms with Crippen LogP contribution >= 0.6 is 0 Å². The zero-order valence-corrected chi connectivity index (χ0v) is 9.32. The average Bonchev–Trinajstić information content (AvgIpc) is 2.29. The summed E-state index contributed by atoms with van der Waals surface area (Å²) in [5.74, 6) is -0.905. The molecular formula is C13H12F2N2. The molecule has 0 spiro atoms. The summed E-state index contributed by atoms with van der Waals surface area (Å²) in [5.41, 5.74) is 5.72. The Morgan fingerprint density at radius 1 is 1.18 bits per heavy atom. The summed E-state index contributed by atoms with van der Waals surface area (Å²) >= 11 is 0. The molecule has 0 aliphatic rings. The number of pyridine rings is 1. The molecule has 1 unspecified atom stereocenters. The standard InChI is InChI=1S/C13H12F2N2/c1-13(16,9-6-10(14)8-17-7-9)11-4-2-3-5-12(11)15/h2-8H,16H2,1H3. The molecule has 1 aromatic heterocycles. The van der Waals surface area contributed by atoms with Crippen LogP contribution in [-0.4, -0.2) is 4.98 Å². The van der Waals surface area contributed by atoms with E-state index in [0.717, 1.165) is 6.20 Å². The Balaban J connectivity index is 2.53. The van der Waals surface area contributed by atoms with E-state index in [-0.39, 0.29) is 0 Å². The summed E-state index contributed by atoms with van der Waals surface area (Å²) in [7, 11) is 0. The third-order valence-electron chi connectivity index (χ3n) is 2.74. The molecule has 1 aromatic carbocycles. The van der Waals surface area contributed by atoms with Crippen LogP contribution in [-0.2, 0) is 5.54 Å². The van der Waals surface area contributed by atoms with Gasteiger partial charge in [0.25, 0.3) is 0 Å². The zero-order valence-electron chi connectivity index (χ0n) is 9.32. The molecule has 0 bridgehead atoms. The normalized spacial score (nSPS) is 14.4. The van der Waals surface area contributed by atoms with E-state index in [1.165, 1.54) is 18.3 Å². The zero-order chi connectivity index (χ0) is 12.5. The summed E-state index contributed by atoms with van der Waals surface area (Å²) in [6.07, 6.45) is 2.52. The highest BCUT2D eigenvalue weighted by atomic mass is 19.1. The predicted molar refractivity (Wildman–Crippen MR) is 61.2 cm³/mol. The molecule has 1 atom stereocenters. The molecule has 2 N–H and O–H groups in total. The minimum Gasteiger partial charge on any atom is -0.318 e. The Morgan fingerprint density at radius 2 is 1.88 bits per heavy atom. The fraction of sp³-hybridized carbons (Fsp3) is 0.154. The summed E-state index contributed by atoms with van der Waals surface area (Å²) in [6.45, 7) is 1.63. The summed E-state index contributed by atoms with van der Waals surface area (Å²) in [6, 6.07) is 7.45. The van der Waals surface area contributed by atoms with Gasteiger partial charge in [0.05, 0.1) is 11.7 Å². The number of halogens is 2. The fourth-order valence-electron chi connectivity index (χ4n) is 1.73. The highest BCUT2D eigenvalue weighted by Gasteiger charge is 2.27. The first-order valence-corrected chi connectivity index (χ1v) is 5.17. The maximum Gasteiger partial charge on any atom is 0.141 e. The van der Waals surface area contributed by atoms with Gasteiger partial charge in [-0.05, 0) is 24.6 Å². The number of hydrogen-bond donors (Lipinski definition) is 1. The van der Waals surface area contributed by atoms with Gasteiger partial charge in [-0.1, -0.05) is 18.2 Å². The molecule has 1 heterocycles. The first-order valence-electron chi connectivity index (χ1n) is 5.17. The van der Waals surface area contributed by atoms with Gasteiger partial charge in [0.15, 0.2) is 0 Å². The number of benzene rings is 1. The van der Waals surface area contributed by atoms with Crippen LogP contribution in [0.15, 0.2) is 42.7 Å². The number of hydrogen-bond acceptors (Lipinski definition) is 2. The lowest BCUT2D eigenvalue weighted by Crippen LogP contribution is -2.35. The molecule has 17 heavy (non-hydrogen) atoms. The second-order valence-corrected chi connectivity index (χ2v) is 4.07. The Bertz CT molecular complexity index is 538. The van der Waals surface area contributed by atoms with Gasteiger partial charge in [0.1, 0.15) is 11.6 Å². The van der Waals surface area contributed by atoms with Crippen molar-refractivity contribution in [3.05, 3.63) is 65.5 Å². The second-order valence-electron chi connectivity index (χ2n) is 4.07. The Morgan fingerprint density at radius 3 is 2.53 bits per heavy atom. The minimum atomic E-state index is -1.11. The van der Waals surface area contributed by atoms with Gasteiger partial charge in [0, 0.05) is 11.8 Å². The summed E-state index contributed by atoms with van der Waals surface area (Å²) in [5, 5.41) is 0. The van der Waals surface area contributed by atoms with Gasteiger partial charge < -0.3 is 5.73 Å². The molecule has 0 radical (unpaired) electrons. The molecule has 2 rings (SSSR count). The van der Waals surface area contributed by atoms with Gasteiger partial charge in [-0.2, -0.15) is 0 Å². The van der Waals surface area contributed by atoms with Gasteiger partial charge in [-0.3, -0.25) is 4.98 Å². The van der Waals surface area contributed by atoms with Crippen LogP contribution in [0.1, 0.15) is 18.1 Å². The van der Waals surface area contributed by atoms with Crippen molar-refractivity contribution in [2.75, 3.05) is 0 Å². The number of rotatable bonds is 2. The lowest BCUT2D eigenvalue weighted by Gasteiger charge is -2.25. The van der Waals surface area contributed by atoms with Crippen molar-refractivity contribution in [1.82, 2.24) is 4.98 Å². The lowest BCUT2D eigenvalue weighted by molar-refractivity contribution is 0.523. The van der Waals surface area contributed by atoms with E-state index >= 15 is 0 Å². The second kappa shape index (κ2) is 4.22. The van der Waals surface area contributed by atoms with Crippen LogP contribution in [0, 0.1) is 11.6 Å². The number of nitrogens with zero attached hydrogens (tertiary/aromatic N) is 1. The molecule has 0 fully saturated rings. The molecule has 4 heteroatoms. The quantitative estimate of drug-likeness (QED) is 0.867. The molecule has 88 valence electrons. The van der Waals surface area contributed by atoms with Crippen molar-refractivity contribution >= 4 is 0 Å². The van der Waals surface area contributed by atoms with E-state index < -0.39 is 17.2 Å². The maximum absolute atomic E-state index is 13.7. The smallest absolute Gasteiger partial charge is 0.141 e. The predicted octanol–water partition coefficient (Wildman–Crippen LogP) is 2.58. The molecular weight excluding hydrogens is 222 g/mol. The summed E-state index contributed by atoms with van der Waals surface area (Å²) < 4.78 is 26.8. The number of aromatic nitrogens is 1. The minimum absolute atomic E-state index is 0.312. The van der Waals surface area contributed by atoms with Crippen LogP contribution in [0.3, 0.4) is 0 Å². The SMILES string of the molecule is CC(N)(c1cncc(F)c1)c1ccccc1F. The monoisotopic (exact) mass is 234 g/mol. The van der Waals surface area contributed by atoms with Crippen LogP contribution in [0.2, 0.25) is 0 Å².